The highest BCUT2D eigenvalue weighted by molar-refractivity contribution is 5.85. The Bertz CT molecular complexity index is 735. The molecule has 2 N–H and O–H groups in total. The Morgan fingerprint density at radius 3 is 2.65 bits per heavy atom. The monoisotopic (exact) mass is 363 g/mol. The van der Waals surface area contributed by atoms with Gasteiger partial charge < -0.3 is 29.7 Å². The number of benzene rings is 1. The van der Waals surface area contributed by atoms with Crippen LogP contribution in [0.4, 0.5) is 4.79 Å². The minimum Gasteiger partial charge on any atom is -0.481 e. The maximum absolute atomic E-state index is 12.4. The Balaban J connectivity index is 1.71. The van der Waals surface area contributed by atoms with E-state index in [0.29, 0.717) is 11.5 Å². The standard InChI is InChI=1S/C17H21N3O6/c1-19(2)17(24)18-6-15(21)20-7-11(12(8-20)16(22)23)10-3-4-13-14(5-10)26-9-25-13/h3-5,11-12H,6-9H2,1-2H3,(H,18,24)(H,22,23)/t11-,12+/m1/s1. The van der Waals surface area contributed by atoms with Gasteiger partial charge in [0.25, 0.3) is 0 Å². The molecule has 1 saturated heterocycles. The molecule has 0 radical (unpaired) electrons. The smallest absolute Gasteiger partial charge is 0.317 e. The van der Waals surface area contributed by atoms with Crippen molar-refractivity contribution in [3.8, 4) is 11.5 Å². The number of fused-ring (bicyclic) bond motifs is 1. The second-order valence-electron chi connectivity index (χ2n) is 6.52. The van der Waals surface area contributed by atoms with Crippen molar-refractivity contribution in [1.82, 2.24) is 15.1 Å². The van der Waals surface area contributed by atoms with E-state index in [1.165, 1.54) is 9.80 Å². The predicted octanol–water partition coefficient (Wildman–Crippen LogP) is 0.313. The third-order valence-corrected chi connectivity index (χ3v) is 4.61. The van der Waals surface area contributed by atoms with Crippen LogP contribution in [0.15, 0.2) is 18.2 Å². The number of ether oxygens (including phenoxy) is 2. The van der Waals surface area contributed by atoms with Crippen LogP contribution in [-0.4, -0.2) is 73.3 Å². The fraction of sp³-hybridized carbons (Fsp3) is 0.471. The van der Waals surface area contributed by atoms with Crippen LogP contribution in [0.5, 0.6) is 11.5 Å². The fourth-order valence-corrected chi connectivity index (χ4v) is 3.16. The summed E-state index contributed by atoms with van der Waals surface area (Å²) in [6.07, 6.45) is 0. The molecule has 3 rings (SSSR count). The molecule has 2 atom stereocenters. The van der Waals surface area contributed by atoms with Crippen LogP contribution >= 0.6 is 0 Å². The van der Waals surface area contributed by atoms with E-state index < -0.39 is 11.9 Å². The summed E-state index contributed by atoms with van der Waals surface area (Å²) >= 11 is 0. The lowest BCUT2D eigenvalue weighted by Gasteiger charge is -2.18. The Kier molecular flexibility index (Phi) is 4.88. The zero-order valence-electron chi connectivity index (χ0n) is 14.6. The first-order chi connectivity index (χ1) is 12.4. The van der Waals surface area contributed by atoms with Crippen LogP contribution < -0.4 is 14.8 Å². The number of likely N-dealkylation sites (tertiary alicyclic amines) is 1. The van der Waals surface area contributed by atoms with Gasteiger partial charge >= 0.3 is 12.0 Å². The molecule has 0 saturated carbocycles. The average Bonchev–Trinajstić information content (AvgIpc) is 3.25. The van der Waals surface area contributed by atoms with Gasteiger partial charge in [-0.25, -0.2) is 4.79 Å². The largest absolute Gasteiger partial charge is 0.481 e. The Morgan fingerprint density at radius 2 is 1.96 bits per heavy atom. The first-order valence-electron chi connectivity index (χ1n) is 8.22. The molecular formula is C17H21N3O6. The van der Waals surface area contributed by atoms with Crippen molar-refractivity contribution in [1.29, 1.82) is 0 Å². The van der Waals surface area contributed by atoms with Crippen LogP contribution in [0, 0.1) is 5.92 Å². The summed E-state index contributed by atoms with van der Waals surface area (Å²) in [4.78, 5) is 38.4. The molecule has 1 aromatic carbocycles. The van der Waals surface area contributed by atoms with E-state index in [9.17, 15) is 19.5 Å². The number of aliphatic carboxylic acids is 1. The van der Waals surface area contributed by atoms with E-state index in [-0.39, 0.29) is 44.3 Å². The summed E-state index contributed by atoms with van der Waals surface area (Å²) in [7, 11) is 3.15. The molecule has 0 unspecified atom stereocenters. The molecule has 1 fully saturated rings. The first kappa shape index (κ1) is 17.8. The van der Waals surface area contributed by atoms with Crippen molar-refractivity contribution < 1.29 is 29.0 Å². The molecule has 0 aliphatic carbocycles. The second-order valence-corrected chi connectivity index (χ2v) is 6.52. The summed E-state index contributed by atoms with van der Waals surface area (Å²) < 4.78 is 10.6. The topological polar surface area (TPSA) is 108 Å². The number of rotatable bonds is 4. The highest BCUT2D eigenvalue weighted by Gasteiger charge is 2.40. The molecule has 2 aliphatic heterocycles. The zero-order valence-corrected chi connectivity index (χ0v) is 14.6. The molecule has 140 valence electrons. The van der Waals surface area contributed by atoms with Gasteiger partial charge in [-0.3, -0.25) is 9.59 Å². The highest BCUT2D eigenvalue weighted by atomic mass is 16.7. The second kappa shape index (κ2) is 7.11. The minimum absolute atomic E-state index is 0.102. The van der Waals surface area contributed by atoms with Crippen molar-refractivity contribution in [3.63, 3.8) is 0 Å². The van der Waals surface area contributed by atoms with Crippen LogP contribution in [0.25, 0.3) is 0 Å². The lowest BCUT2D eigenvalue weighted by atomic mass is 9.89. The number of carbonyl (C=O) groups is 3. The van der Waals surface area contributed by atoms with Crippen LogP contribution in [0.1, 0.15) is 11.5 Å². The molecule has 0 spiro atoms. The van der Waals surface area contributed by atoms with Crippen LogP contribution in [0.3, 0.4) is 0 Å². The zero-order chi connectivity index (χ0) is 18.8. The molecule has 2 heterocycles. The number of nitrogens with one attached hydrogen (secondary N) is 1. The maximum Gasteiger partial charge on any atom is 0.317 e. The minimum atomic E-state index is -0.958. The summed E-state index contributed by atoms with van der Waals surface area (Å²) in [5.74, 6) is -1.14. The Morgan fingerprint density at radius 1 is 1.23 bits per heavy atom. The van der Waals surface area contributed by atoms with Crippen molar-refractivity contribution in [2.24, 2.45) is 5.92 Å². The number of urea groups is 1. The van der Waals surface area contributed by atoms with E-state index in [1.807, 2.05) is 0 Å². The molecule has 2 aliphatic rings. The third-order valence-electron chi connectivity index (χ3n) is 4.61. The molecule has 0 bridgehead atoms. The number of hydrogen-bond acceptors (Lipinski definition) is 5. The van der Waals surface area contributed by atoms with Gasteiger partial charge in [0.2, 0.25) is 12.7 Å². The molecule has 9 nitrogen and oxygen atoms in total. The van der Waals surface area contributed by atoms with Gasteiger partial charge in [0.15, 0.2) is 11.5 Å². The highest BCUT2D eigenvalue weighted by Crippen LogP contribution is 2.39. The number of hydrogen-bond donors (Lipinski definition) is 2. The summed E-state index contributed by atoms with van der Waals surface area (Å²) in [5, 5.41) is 12.1. The van der Waals surface area contributed by atoms with Gasteiger partial charge in [-0.1, -0.05) is 6.07 Å². The van der Waals surface area contributed by atoms with Crippen LogP contribution in [-0.2, 0) is 9.59 Å². The van der Waals surface area contributed by atoms with E-state index >= 15 is 0 Å². The number of amides is 3. The summed E-state index contributed by atoms with van der Waals surface area (Å²) in [6, 6.07) is 4.94. The van der Waals surface area contributed by atoms with Crippen molar-refractivity contribution in [2.45, 2.75) is 5.92 Å². The van der Waals surface area contributed by atoms with E-state index in [4.69, 9.17) is 9.47 Å². The maximum atomic E-state index is 12.4. The lowest BCUT2D eigenvalue weighted by Crippen LogP contribution is -2.42. The van der Waals surface area contributed by atoms with Gasteiger partial charge in [0.1, 0.15) is 0 Å². The van der Waals surface area contributed by atoms with Gasteiger partial charge in [0, 0.05) is 33.1 Å². The first-order valence-corrected chi connectivity index (χ1v) is 8.22. The molecule has 3 amide bonds. The van der Waals surface area contributed by atoms with Gasteiger partial charge in [-0.2, -0.15) is 0 Å². The van der Waals surface area contributed by atoms with Crippen molar-refractivity contribution >= 4 is 17.9 Å². The number of carboxylic acids is 1. The molecule has 0 aromatic heterocycles. The predicted molar refractivity (Wildman–Crippen MR) is 90.1 cm³/mol. The summed E-state index contributed by atoms with van der Waals surface area (Å²) in [5.41, 5.74) is 0.786. The van der Waals surface area contributed by atoms with E-state index in [1.54, 1.807) is 32.3 Å². The van der Waals surface area contributed by atoms with Gasteiger partial charge in [0.05, 0.1) is 12.5 Å². The summed E-state index contributed by atoms with van der Waals surface area (Å²) in [6.45, 7) is 0.345. The SMILES string of the molecule is CN(C)C(=O)NCC(=O)N1C[C@H](C(=O)O)[C@@H](c2ccc3c(c2)OCO3)C1. The van der Waals surface area contributed by atoms with Crippen molar-refractivity contribution in [3.05, 3.63) is 23.8 Å². The number of nitrogens with zero attached hydrogens (tertiary/aromatic N) is 2. The van der Waals surface area contributed by atoms with Crippen molar-refractivity contribution in [2.75, 3.05) is 40.5 Å². The molecule has 26 heavy (non-hydrogen) atoms. The van der Waals surface area contributed by atoms with Gasteiger partial charge in [-0.15, -0.1) is 0 Å². The van der Waals surface area contributed by atoms with Crippen LogP contribution in [0.2, 0.25) is 0 Å². The third kappa shape index (κ3) is 3.51. The van der Waals surface area contributed by atoms with Gasteiger partial charge in [-0.05, 0) is 17.7 Å². The van der Waals surface area contributed by atoms with E-state index in [2.05, 4.69) is 5.32 Å². The molecule has 9 heteroatoms. The fourth-order valence-electron chi connectivity index (χ4n) is 3.16. The van der Waals surface area contributed by atoms with E-state index in [0.717, 1.165) is 5.56 Å². The quantitative estimate of drug-likeness (QED) is 0.797. The average molecular weight is 363 g/mol. The number of carbonyl (C=O) groups excluding carboxylic acids is 2. The molecule has 1 aromatic rings. The number of carboxylic acid groups (broad SMARTS) is 1. The molecular weight excluding hydrogens is 342 g/mol. The normalized spacial score (nSPS) is 20.8. The Hall–Kier alpha value is -2.97. The Labute approximate surface area is 150 Å². The lowest BCUT2D eigenvalue weighted by molar-refractivity contribution is -0.141.